The van der Waals surface area contributed by atoms with Crippen molar-refractivity contribution in [3.05, 3.63) is 54.1 Å². The number of hydrogen-bond donors (Lipinski definition) is 1. The first-order valence-electron chi connectivity index (χ1n) is 8.78. The molecule has 0 amide bonds. The monoisotopic (exact) mass is 342 g/mol. The van der Waals surface area contributed by atoms with Crippen molar-refractivity contribution in [2.45, 2.75) is 51.7 Å². The molecular formula is C19H26N4S. The zero-order chi connectivity index (χ0) is 17.1. The molecule has 0 saturated carbocycles. The summed E-state index contributed by atoms with van der Waals surface area (Å²) < 4.78 is 2.34. The van der Waals surface area contributed by atoms with Crippen LogP contribution in [0.1, 0.15) is 63.1 Å². The molecule has 2 atom stereocenters. The Morgan fingerprint density at radius 2 is 2.08 bits per heavy atom. The fourth-order valence-electron chi connectivity index (χ4n) is 3.42. The minimum atomic E-state index is 0.0861. The molecule has 0 radical (unpaired) electrons. The Morgan fingerprint density at radius 3 is 2.75 bits per heavy atom. The van der Waals surface area contributed by atoms with Crippen LogP contribution in [-0.2, 0) is 0 Å². The van der Waals surface area contributed by atoms with Gasteiger partial charge in [-0.2, -0.15) is 0 Å². The summed E-state index contributed by atoms with van der Waals surface area (Å²) in [6.07, 6.45) is 6.31. The summed E-state index contributed by atoms with van der Waals surface area (Å²) >= 11 is 5.67. The number of nitrogens with zero attached hydrogens (tertiary/aromatic N) is 3. The fraction of sp³-hybridized carbons (Fsp3) is 0.474. The van der Waals surface area contributed by atoms with Crippen LogP contribution in [0.15, 0.2) is 42.7 Å². The van der Waals surface area contributed by atoms with E-state index in [2.05, 4.69) is 64.9 Å². The molecule has 1 fully saturated rings. The van der Waals surface area contributed by atoms with E-state index in [-0.39, 0.29) is 12.1 Å². The lowest BCUT2D eigenvalue weighted by atomic mass is 10.0. The Kier molecular flexibility index (Phi) is 5.19. The Hall–Kier alpha value is -1.88. The zero-order valence-electron chi connectivity index (χ0n) is 14.6. The Morgan fingerprint density at radius 1 is 1.25 bits per heavy atom. The summed E-state index contributed by atoms with van der Waals surface area (Å²) in [5.41, 5.74) is 2.34. The standard InChI is InChI=1S/C19H26N4S/c1-4-5-12-23-18(16-10-8-13-22(16)14(2)3)17(21-19(23)24)15-9-6-7-11-20-15/h6-11,13-14,17-18H,4-5,12H2,1-3H3,(H,21,24). The third-order valence-corrected chi connectivity index (χ3v) is 4.97. The molecule has 1 saturated heterocycles. The summed E-state index contributed by atoms with van der Waals surface area (Å²) in [6, 6.07) is 11.1. The molecule has 0 bridgehead atoms. The number of pyridine rings is 1. The third kappa shape index (κ3) is 3.18. The molecule has 0 aromatic carbocycles. The van der Waals surface area contributed by atoms with Gasteiger partial charge in [0, 0.05) is 30.7 Å². The van der Waals surface area contributed by atoms with Gasteiger partial charge in [0.15, 0.2) is 5.11 Å². The quantitative estimate of drug-likeness (QED) is 0.796. The molecule has 3 rings (SSSR count). The smallest absolute Gasteiger partial charge is 0.170 e. The summed E-state index contributed by atoms with van der Waals surface area (Å²) in [6.45, 7) is 7.63. The van der Waals surface area contributed by atoms with E-state index < -0.39 is 0 Å². The number of aromatic nitrogens is 2. The molecule has 3 heterocycles. The van der Waals surface area contributed by atoms with Gasteiger partial charge in [0.2, 0.25) is 0 Å². The van der Waals surface area contributed by atoms with Crippen LogP contribution >= 0.6 is 12.2 Å². The lowest BCUT2D eigenvalue weighted by Gasteiger charge is -2.29. The van der Waals surface area contributed by atoms with Gasteiger partial charge in [-0.3, -0.25) is 4.98 Å². The van der Waals surface area contributed by atoms with Crippen LogP contribution in [0, 0.1) is 0 Å². The second-order valence-electron chi connectivity index (χ2n) is 6.61. The first-order valence-corrected chi connectivity index (χ1v) is 9.19. The van der Waals surface area contributed by atoms with E-state index in [0.29, 0.717) is 6.04 Å². The van der Waals surface area contributed by atoms with Crippen molar-refractivity contribution in [2.24, 2.45) is 0 Å². The van der Waals surface area contributed by atoms with E-state index in [1.165, 1.54) is 5.69 Å². The molecule has 1 aliphatic heterocycles. The van der Waals surface area contributed by atoms with Crippen LogP contribution in [0.25, 0.3) is 0 Å². The molecule has 2 unspecified atom stereocenters. The molecule has 1 N–H and O–H groups in total. The van der Waals surface area contributed by atoms with Crippen molar-refractivity contribution < 1.29 is 0 Å². The Labute approximate surface area is 149 Å². The Balaban J connectivity index is 2.02. The maximum atomic E-state index is 5.67. The molecule has 1 aliphatic rings. The van der Waals surface area contributed by atoms with Gasteiger partial charge in [0.25, 0.3) is 0 Å². The van der Waals surface area contributed by atoms with E-state index in [1.54, 1.807) is 0 Å². The molecular weight excluding hydrogens is 316 g/mol. The first kappa shape index (κ1) is 17.0. The summed E-state index contributed by atoms with van der Waals surface area (Å²) in [5.74, 6) is 0. The first-order chi connectivity index (χ1) is 11.6. The van der Waals surface area contributed by atoms with Crippen molar-refractivity contribution in [1.29, 1.82) is 0 Å². The van der Waals surface area contributed by atoms with Gasteiger partial charge in [-0.05, 0) is 56.8 Å². The van der Waals surface area contributed by atoms with Crippen LogP contribution in [-0.4, -0.2) is 26.1 Å². The highest BCUT2D eigenvalue weighted by molar-refractivity contribution is 7.80. The predicted octanol–water partition coefficient (Wildman–Crippen LogP) is 4.24. The number of hydrogen-bond acceptors (Lipinski definition) is 2. The van der Waals surface area contributed by atoms with Crippen LogP contribution in [0.3, 0.4) is 0 Å². The summed E-state index contributed by atoms with van der Waals surface area (Å²) in [7, 11) is 0. The number of thiocarbonyl (C=S) groups is 1. The SMILES string of the molecule is CCCCN1C(=S)NC(c2ccccn2)C1c1cccn1C(C)C. The average Bonchev–Trinajstić information content (AvgIpc) is 3.18. The van der Waals surface area contributed by atoms with Crippen LogP contribution in [0.4, 0.5) is 0 Å². The molecule has 24 heavy (non-hydrogen) atoms. The molecule has 128 valence electrons. The maximum absolute atomic E-state index is 5.67. The molecule has 0 spiro atoms. The van der Waals surface area contributed by atoms with E-state index >= 15 is 0 Å². The van der Waals surface area contributed by atoms with Gasteiger partial charge < -0.3 is 14.8 Å². The van der Waals surface area contributed by atoms with Crippen molar-refractivity contribution >= 4 is 17.3 Å². The minimum absolute atomic E-state index is 0.0861. The lowest BCUT2D eigenvalue weighted by Crippen LogP contribution is -2.31. The molecule has 4 nitrogen and oxygen atoms in total. The van der Waals surface area contributed by atoms with E-state index in [0.717, 1.165) is 30.2 Å². The van der Waals surface area contributed by atoms with Crippen LogP contribution in [0.2, 0.25) is 0 Å². The van der Waals surface area contributed by atoms with E-state index in [9.17, 15) is 0 Å². The highest BCUT2D eigenvalue weighted by Gasteiger charge is 2.40. The van der Waals surface area contributed by atoms with Gasteiger partial charge in [-0.15, -0.1) is 0 Å². The van der Waals surface area contributed by atoms with E-state index in [4.69, 9.17) is 12.2 Å². The summed E-state index contributed by atoms with van der Waals surface area (Å²) in [4.78, 5) is 6.93. The van der Waals surface area contributed by atoms with Crippen molar-refractivity contribution in [3.8, 4) is 0 Å². The van der Waals surface area contributed by atoms with Gasteiger partial charge >= 0.3 is 0 Å². The number of unbranched alkanes of at least 4 members (excludes halogenated alkanes) is 1. The topological polar surface area (TPSA) is 33.1 Å². The van der Waals surface area contributed by atoms with Gasteiger partial charge in [-0.25, -0.2) is 0 Å². The fourth-order valence-corrected chi connectivity index (χ4v) is 3.76. The van der Waals surface area contributed by atoms with Crippen molar-refractivity contribution in [1.82, 2.24) is 19.8 Å². The lowest BCUT2D eigenvalue weighted by molar-refractivity contribution is 0.295. The molecule has 5 heteroatoms. The van der Waals surface area contributed by atoms with Crippen molar-refractivity contribution in [2.75, 3.05) is 6.54 Å². The molecule has 2 aromatic heterocycles. The number of nitrogens with one attached hydrogen (secondary N) is 1. The molecule has 0 aliphatic carbocycles. The normalized spacial score (nSPS) is 20.7. The van der Waals surface area contributed by atoms with Crippen LogP contribution < -0.4 is 5.32 Å². The van der Waals surface area contributed by atoms with Gasteiger partial charge in [0.05, 0.1) is 17.8 Å². The zero-order valence-corrected chi connectivity index (χ0v) is 15.5. The highest BCUT2D eigenvalue weighted by Crippen LogP contribution is 2.39. The number of rotatable bonds is 6. The summed E-state index contributed by atoms with van der Waals surface area (Å²) in [5, 5.41) is 4.35. The third-order valence-electron chi connectivity index (χ3n) is 4.62. The van der Waals surface area contributed by atoms with Crippen molar-refractivity contribution in [3.63, 3.8) is 0 Å². The minimum Gasteiger partial charge on any atom is -0.352 e. The Bertz CT molecular complexity index is 680. The average molecular weight is 343 g/mol. The molecule has 2 aromatic rings. The van der Waals surface area contributed by atoms with Gasteiger partial charge in [0.1, 0.15) is 0 Å². The van der Waals surface area contributed by atoms with Crippen LogP contribution in [0.5, 0.6) is 0 Å². The largest absolute Gasteiger partial charge is 0.352 e. The predicted molar refractivity (Wildman–Crippen MR) is 102 cm³/mol. The second-order valence-corrected chi connectivity index (χ2v) is 6.99. The highest BCUT2D eigenvalue weighted by atomic mass is 32.1. The van der Waals surface area contributed by atoms with Gasteiger partial charge in [-0.1, -0.05) is 19.4 Å². The van der Waals surface area contributed by atoms with E-state index in [1.807, 2.05) is 18.3 Å². The maximum Gasteiger partial charge on any atom is 0.170 e. The second kappa shape index (κ2) is 7.34.